The zero-order chi connectivity index (χ0) is 13.8. The van der Waals surface area contributed by atoms with Crippen LogP contribution in [0.2, 0.25) is 5.02 Å². The zero-order valence-corrected chi connectivity index (χ0v) is 10.9. The summed E-state index contributed by atoms with van der Waals surface area (Å²) in [4.78, 5) is 0. The van der Waals surface area contributed by atoms with Crippen molar-refractivity contribution >= 4 is 17.7 Å². The van der Waals surface area contributed by atoms with Gasteiger partial charge in [0.1, 0.15) is 29.2 Å². The van der Waals surface area contributed by atoms with E-state index in [1.54, 1.807) is 24.3 Å². The second kappa shape index (κ2) is 5.44. The molecule has 3 nitrogen and oxygen atoms in total. The standard InChI is InChI=1S/C15H9ClN2O/c1-10-2-3-12(7-14(10)16)15-5-4-13(19-15)6-11(8-17)9-18/h2-7H,1H3. The van der Waals surface area contributed by atoms with Crippen molar-refractivity contribution < 1.29 is 4.42 Å². The highest BCUT2D eigenvalue weighted by Gasteiger charge is 2.06. The van der Waals surface area contributed by atoms with Crippen molar-refractivity contribution in [1.29, 1.82) is 10.5 Å². The number of aryl methyl sites for hydroxylation is 1. The van der Waals surface area contributed by atoms with Gasteiger partial charge in [-0.3, -0.25) is 0 Å². The Morgan fingerprint density at radius 2 is 1.95 bits per heavy atom. The van der Waals surface area contributed by atoms with Gasteiger partial charge in [-0.2, -0.15) is 10.5 Å². The minimum atomic E-state index is 0.00263. The maximum atomic E-state index is 8.68. The first kappa shape index (κ1) is 13.0. The van der Waals surface area contributed by atoms with E-state index in [-0.39, 0.29) is 5.57 Å². The minimum Gasteiger partial charge on any atom is -0.457 e. The van der Waals surface area contributed by atoms with Crippen LogP contribution in [0.15, 0.2) is 40.3 Å². The van der Waals surface area contributed by atoms with E-state index in [2.05, 4.69) is 0 Å². The highest BCUT2D eigenvalue weighted by atomic mass is 35.5. The molecule has 0 amide bonds. The largest absolute Gasteiger partial charge is 0.457 e. The molecule has 0 aliphatic carbocycles. The van der Waals surface area contributed by atoms with Crippen LogP contribution in [0.4, 0.5) is 0 Å². The molecule has 0 bridgehead atoms. The van der Waals surface area contributed by atoms with Gasteiger partial charge in [0.15, 0.2) is 0 Å². The molecular weight excluding hydrogens is 260 g/mol. The lowest BCUT2D eigenvalue weighted by Crippen LogP contribution is -1.78. The maximum Gasteiger partial charge on any atom is 0.134 e. The van der Waals surface area contributed by atoms with Gasteiger partial charge in [0.05, 0.1) is 0 Å². The van der Waals surface area contributed by atoms with Gasteiger partial charge in [0, 0.05) is 16.7 Å². The van der Waals surface area contributed by atoms with Crippen LogP contribution in [0.25, 0.3) is 17.4 Å². The Balaban J connectivity index is 2.37. The number of benzene rings is 1. The Bertz CT molecular complexity index is 713. The smallest absolute Gasteiger partial charge is 0.134 e. The fourth-order valence-corrected chi connectivity index (χ4v) is 1.74. The molecule has 2 aromatic rings. The number of hydrogen-bond donors (Lipinski definition) is 0. The van der Waals surface area contributed by atoms with Crippen LogP contribution in [0.1, 0.15) is 11.3 Å². The molecule has 1 aromatic carbocycles. The van der Waals surface area contributed by atoms with Gasteiger partial charge >= 0.3 is 0 Å². The molecule has 4 heteroatoms. The van der Waals surface area contributed by atoms with Crippen molar-refractivity contribution in [3.05, 3.63) is 52.3 Å². The molecule has 0 N–H and O–H groups in total. The average molecular weight is 269 g/mol. The molecule has 0 saturated heterocycles. The summed E-state index contributed by atoms with van der Waals surface area (Å²) in [6, 6.07) is 12.7. The van der Waals surface area contributed by atoms with Crippen LogP contribution >= 0.6 is 11.6 Å². The predicted molar refractivity (Wildman–Crippen MR) is 73.1 cm³/mol. The van der Waals surface area contributed by atoms with Crippen molar-refractivity contribution in [3.8, 4) is 23.5 Å². The molecule has 0 aliphatic rings. The summed E-state index contributed by atoms with van der Waals surface area (Å²) < 4.78 is 5.56. The zero-order valence-electron chi connectivity index (χ0n) is 10.1. The van der Waals surface area contributed by atoms with Gasteiger partial charge in [-0.25, -0.2) is 0 Å². The van der Waals surface area contributed by atoms with Gasteiger partial charge in [-0.05, 0) is 30.7 Å². The lowest BCUT2D eigenvalue weighted by molar-refractivity contribution is 0.571. The highest BCUT2D eigenvalue weighted by Crippen LogP contribution is 2.27. The van der Waals surface area contributed by atoms with E-state index in [1.807, 2.05) is 25.1 Å². The topological polar surface area (TPSA) is 60.7 Å². The number of rotatable bonds is 2. The summed E-state index contributed by atoms with van der Waals surface area (Å²) in [5.41, 5.74) is 1.85. The maximum absolute atomic E-state index is 8.68. The summed E-state index contributed by atoms with van der Waals surface area (Å²) >= 11 is 6.06. The summed E-state index contributed by atoms with van der Waals surface area (Å²) in [6.45, 7) is 1.93. The first-order valence-electron chi connectivity index (χ1n) is 5.52. The van der Waals surface area contributed by atoms with E-state index < -0.39 is 0 Å². The van der Waals surface area contributed by atoms with E-state index in [0.29, 0.717) is 16.5 Å². The number of allylic oxidation sites excluding steroid dienone is 1. The Kier molecular flexibility index (Phi) is 3.71. The molecule has 1 heterocycles. The van der Waals surface area contributed by atoms with Gasteiger partial charge in [0.25, 0.3) is 0 Å². The molecule has 2 rings (SSSR count). The molecule has 0 saturated carbocycles. The first-order chi connectivity index (χ1) is 9.13. The second-order valence-corrected chi connectivity index (χ2v) is 4.35. The number of halogens is 1. The first-order valence-corrected chi connectivity index (χ1v) is 5.90. The van der Waals surface area contributed by atoms with Crippen LogP contribution in [0, 0.1) is 29.6 Å². The van der Waals surface area contributed by atoms with Crippen molar-refractivity contribution in [3.63, 3.8) is 0 Å². The lowest BCUT2D eigenvalue weighted by atomic mass is 10.1. The van der Waals surface area contributed by atoms with E-state index in [1.165, 1.54) is 6.08 Å². The Hall–Kier alpha value is -2.49. The summed E-state index contributed by atoms with van der Waals surface area (Å²) in [5.74, 6) is 1.10. The van der Waals surface area contributed by atoms with Crippen LogP contribution in [0.5, 0.6) is 0 Å². The monoisotopic (exact) mass is 268 g/mol. The molecule has 0 fully saturated rings. The van der Waals surface area contributed by atoms with Crippen LogP contribution in [-0.2, 0) is 0 Å². The normalized spacial score (nSPS) is 9.47. The van der Waals surface area contributed by atoms with Crippen molar-refractivity contribution in [2.45, 2.75) is 6.92 Å². The Morgan fingerprint density at radius 1 is 1.21 bits per heavy atom. The van der Waals surface area contributed by atoms with E-state index in [4.69, 9.17) is 26.5 Å². The van der Waals surface area contributed by atoms with Gasteiger partial charge in [0.2, 0.25) is 0 Å². The van der Waals surface area contributed by atoms with Gasteiger partial charge < -0.3 is 4.42 Å². The van der Waals surface area contributed by atoms with Crippen LogP contribution in [-0.4, -0.2) is 0 Å². The number of nitrogens with zero attached hydrogens (tertiary/aromatic N) is 2. The summed E-state index contributed by atoms with van der Waals surface area (Å²) in [6.07, 6.45) is 1.40. The number of nitriles is 2. The van der Waals surface area contributed by atoms with Crippen LogP contribution in [0.3, 0.4) is 0 Å². The molecule has 0 atom stereocenters. The fraction of sp³-hybridized carbons (Fsp3) is 0.0667. The Labute approximate surface area is 116 Å². The molecule has 0 unspecified atom stereocenters. The van der Waals surface area contributed by atoms with Crippen molar-refractivity contribution in [2.75, 3.05) is 0 Å². The summed E-state index contributed by atoms with van der Waals surface area (Å²) in [7, 11) is 0. The molecule has 92 valence electrons. The highest BCUT2D eigenvalue weighted by molar-refractivity contribution is 6.31. The predicted octanol–water partition coefficient (Wildman–Crippen LogP) is 4.34. The third-order valence-corrected chi connectivity index (χ3v) is 3.02. The van der Waals surface area contributed by atoms with Gasteiger partial charge in [-0.1, -0.05) is 23.7 Å². The molecule has 0 aliphatic heterocycles. The van der Waals surface area contributed by atoms with E-state index in [0.717, 1.165) is 11.1 Å². The number of furan rings is 1. The van der Waals surface area contributed by atoms with Crippen molar-refractivity contribution in [2.24, 2.45) is 0 Å². The lowest BCUT2D eigenvalue weighted by Gasteiger charge is -2.00. The molecular formula is C15H9ClN2O. The summed E-state index contributed by atoms with van der Waals surface area (Å²) in [5, 5.41) is 18.0. The minimum absolute atomic E-state index is 0.00263. The van der Waals surface area contributed by atoms with E-state index in [9.17, 15) is 0 Å². The fourth-order valence-electron chi connectivity index (χ4n) is 1.56. The third-order valence-electron chi connectivity index (χ3n) is 2.61. The quantitative estimate of drug-likeness (QED) is 0.761. The van der Waals surface area contributed by atoms with Gasteiger partial charge in [-0.15, -0.1) is 0 Å². The third kappa shape index (κ3) is 2.85. The average Bonchev–Trinajstić information content (AvgIpc) is 2.87. The molecule has 0 spiro atoms. The Morgan fingerprint density at radius 3 is 2.58 bits per heavy atom. The molecule has 19 heavy (non-hydrogen) atoms. The van der Waals surface area contributed by atoms with E-state index >= 15 is 0 Å². The molecule has 1 aromatic heterocycles. The second-order valence-electron chi connectivity index (χ2n) is 3.95. The SMILES string of the molecule is Cc1ccc(-c2ccc(C=C(C#N)C#N)o2)cc1Cl. The number of hydrogen-bond acceptors (Lipinski definition) is 3. The van der Waals surface area contributed by atoms with Crippen LogP contribution < -0.4 is 0 Å². The molecule has 0 radical (unpaired) electrons. The van der Waals surface area contributed by atoms with Crippen molar-refractivity contribution in [1.82, 2.24) is 0 Å².